The number of nitrogens with zero attached hydrogens (tertiary/aromatic N) is 2. The molecule has 8 heteroatoms. The number of rotatable bonds is 9. The van der Waals surface area contributed by atoms with Gasteiger partial charge in [0, 0.05) is 43.4 Å². The van der Waals surface area contributed by atoms with E-state index in [1.54, 1.807) is 47.4 Å². The number of hydrogen-bond donors (Lipinski definition) is 2. The Morgan fingerprint density at radius 3 is 2.29 bits per heavy atom. The third-order valence-corrected chi connectivity index (χ3v) is 4.23. The fourth-order valence-corrected chi connectivity index (χ4v) is 2.71. The fraction of sp³-hybridized carbons (Fsp3) is 0.300. The van der Waals surface area contributed by atoms with Gasteiger partial charge in [-0.15, -0.1) is 0 Å². The van der Waals surface area contributed by atoms with E-state index < -0.39 is 4.92 Å². The van der Waals surface area contributed by atoms with Crippen LogP contribution in [0.2, 0.25) is 0 Å². The van der Waals surface area contributed by atoms with Gasteiger partial charge in [-0.3, -0.25) is 19.7 Å². The van der Waals surface area contributed by atoms with Gasteiger partial charge in [0.1, 0.15) is 5.69 Å². The number of nitro groups is 1. The van der Waals surface area contributed by atoms with Crippen LogP contribution in [0.25, 0.3) is 0 Å². The highest BCUT2D eigenvalue weighted by molar-refractivity contribution is 5.95. The van der Waals surface area contributed by atoms with Gasteiger partial charge in [-0.25, -0.2) is 0 Å². The van der Waals surface area contributed by atoms with Crippen LogP contribution in [0.15, 0.2) is 48.5 Å². The van der Waals surface area contributed by atoms with Crippen molar-refractivity contribution in [2.24, 2.45) is 0 Å². The van der Waals surface area contributed by atoms with Crippen LogP contribution >= 0.6 is 0 Å². The Morgan fingerprint density at radius 2 is 1.68 bits per heavy atom. The van der Waals surface area contributed by atoms with E-state index in [-0.39, 0.29) is 30.5 Å². The maximum atomic E-state index is 12.3. The summed E-state index contributed by atoms with van der Waals surface area (Å²) in [6.45, 7) is 5.39. The van der Waals surface area contributed by atoms with Crippen molar-refractivity contribution in [3.63, 3.8) is 0 Å². The average Bonchev–Trinajstić information content (AvgIpc) is 2.69. The maximum Gasteiger partial charge on any atom is 0.292 e. The van der Waals surface area contributed by atoms with Crippen molar-refractivity contribution in [1.29, 1.82) is 0 Å². The van der Waals surface area contributed by atoms with Crippen molar-refractivity contribution in [2.45, 2.75) is 20.3 Å². The number of carbonyl (C=O) groups excluding carboxylic acids is 2. The molecule has 0 aliphatic carbocycles. The first-order chi connectivity index (χ1) is 13.5. The summed E-state index contributed by atoms with van der Waals surface area (Å²) in [5.41, 5.74) is 1.50. The maximum absolute atomic E-state index is 12.3. The van der Waals surface area contributed by atoms with Crippen LogP contribution in [0.4, 0.5) is 17.1 Å². The first-order valence-corrected chi connectivity index (χ1v) is 9.12. The summed E-state index contributed by atoms with van der Waals surface area (Å²) in [6.07, 6.45) is 0.145. The van der Waals surface area contributed by atoms with Crippen molar-refractivity contribution in [1.82, 2.24) is 4.90 Å². The Labute approximate surface area is 163 Å². The SMILES string of the molecule is CCN(CC)C(=O)c1ccc(NC(=O)CCNc2ccccc2[N+](=O)[O-])cc1. The van der Waals surface area contributed by atoms with Gasteiger partial charge in [0.05, 0.1) is 4.92 Å². The molecule has 148 valence electrons. The van der Waals surface area contributed by atoms with Crippen molar-refractivity contribution in [3.05, 3.63) is 64.2 Å². The van der Waals surface area contributed by atoms with E-state index in [9.17, 15) is 19.7 Å². The molecule has 8 nitrogen and oxygen atoms in total. The Bertz CT molecular complexity index is 832. The number of carbonyl (C=O) groups is 2. The van der Waals surface area contributed by atoms with Crippen LogP contribution in [0.5, 0.6) is 0 Å². The zero-order valence-corrected chi connectivity index (χ0v) is 16.0. The highest BCUT2D eigenvalue weighted by Gasteiger charge is 2.13. The van der Waals surface area contributed by atoms with Crippen LogP contribution in [0.1, 0.15) is 30.6 Å². The molecule has 0 saturated heterocycles. The molecule has 2 aromatic rings. The smallest absolute Gasteiger partial charge is 0.292 e. The number of nitro benzene ring substituents is 1. The summed E-state index contributed by atoms with van der Waals surface area (Å²) >= 11 is 0. The topological polar surface area (TPSA) is 105 Å². The van der Waals surface area contributed by atoms with E-state index in [4.69, 9.17) is 0 Å². The lowest BCUT2D eigenvalue weighted by Gasteiger charge is -2.18. The second-order valence-corrected chi connectivity index (χ2v) is 6.05. The molecule has 2 amide bonds. The van der Waals surface area contributed by atoms with Gasteiger partial charge < -0.3 is 15.5 Å². The first kappa shape index (κ1) is 20.9. The van der Waals surface area contributed by atoms with Crippen molar-refractivity contribution >= 4 is 28.9 Å². The molecular weight excluding hydrogens is 360 g/mol. The first-order valence-electron chi connectivity index (χ1n) is 9.12. The summed E-state index contributed by atoms with van der Waals surface area (Å²) in [6, 6.07) is 13.0. The quantitative estimate of drug-likeness (QED) is 0.508. The van der Waals surface area contributed by atoms with Crippen LogP contribution in [0, 0.1) is 10.1 Å². The van der Waals surface area contributed by atoms with E-state index in [2.05, 4.69) is 10.6 Å². The van der Waals surface area contributed by atoms with Crippen LogP contribution < -0.4 is 10.6 Å². The lowest BCUT2D eigenvalue weighted by atomic mass is 10.1. The molecule has 0 heterocycles. The predicted molar refractivity (Wildman–Crippen MR) is 109 cm³/mol. The summed E-state index contributed by atoms with van der Waals surface area (Å²) < 4.78 is 0. The van der Waals surface area contributed by atoms with Gasteiger partial charge >= 0.3 is 0 Å². The summed E-state index contributed by atoms with van der Waals surface area (Å²) in [4.78, 5) is 36.6. The molecule has 0 fully saturated rings. The minimum Gasteiger partial charge on any atom is -0.379 e. The van der Waals surface area contributed by atoms with Crippen molar-refractivity contribution in [2.75, 3.05) is 30.3 Å². The van der Waals surface area contributed by atoms with Crippen LogP contribution in [0.3, 0.4) is 0 Å². The molecule has 2 aromatic carbocycles. The monoisotopic (exact) mass is 384 g/mol. The van der Waals surface area contributed by atoms with E-state index in [0.717, 1.165) is 0 Å². The lowest BCUT2D eigenvalue weighted by molar-refractivity contribution is -0.384. The Morgan fingerprint density at radius 1 is 1.04 bits per heavy atom. The molecule has 0 aliphatic rings. The summed E-state index contributed by atoms with van der Waals surface area (Å²) in [5.74, 6) is -0.273. The minimum atomic E-state index is -0.469. The normalized spacial score (nSPS) is 10.2. The molecule has 2 N–H and O–H groups in total. The lowest BCUT2D eigenvalue weighted by Crippen LogP contribution is -2.30. The van der Waals surface area contributed by atoms with Gasteiger partial charge in [-0.1, -0.05) is 12.1 Å². The average molecular weight is 384 g/mol. The van der Waals surface area contributed by atoms with E-state index in [1.165, 1.54) is 6.07 Å². The number of nitrogens with one attached hydrogen (secondary N) is 2. The molecule has 0 aromatic heterocycles. The minimum absolute atomic E-state index is 0.0311. The van der Waals surface area contributed by atoms with Gasteiger partial charge in [0.2, 0.25) is 5.91 Å². The molecule has 28 heavy (non-hydrogen) atoms. The number of hydrogen-bond acceptors (Lipinski definition) is 5. The Balaban J connectivity index is 1.87. The molecule has 0 atom stereocenters. The van der Waals surface area contributed by atoms with Gasteiger partial charge in [-0.2, -0.15) is 0 Å². The molecule has 0 spiro atoms. The summed E-state index contributed by atoms with van der Waals surface area (Å²) in [5, 5.41) is 16.6. The van der Waals surface area contributed by atoms with Crippen LogP contribution in [-0.2, 0) is 4.79 Å². The van der Waals surface area contributed by atoms with Crippen molar-refractivity contribution < 1.29 is 14.5 Å². The van der Waals surface area contributed by atoms with Gasteiger partial charge in [-0.05, 0) is 44.2 Å². The van der Waals surface area contributed by atoms with Gasteiger partial charge in [0.15, 0.2) is 0 Å². The molecular formula is C20H24N4O4. The highest BCUT2D eigenvalue weighted by atomic mass is 16.6. The highest BCUT2D eigenvalue weighted by Crippen LogP contribution is 2.23. The number of amides is 2. The van der Waals surface area contributed by atoms with E-state index in [0.29, 0.717) is 30.0 Å². The third-order valence-electron chi connectivity index (χ3n) is 4.23. The zero-order chi connectivity index (χ0) is 20.5. The van der Waals surface area contributed by atoms with Crippen molar-refractivity contribution in [3.8, 4) is 0 Å². The molecule has 0 unspecified atom stereocenters. The van der Waals surface area contributed by atoms with E-state index >= 15 is 0 Å². The molecule has 2 rings (SSSR count). The Kier molecular flexibility index (Phi) is 7.50. The fourth-order valence-electron chi connectivity index (χ4n) is 2.71. The van der Waals surface area contributed by atoms with E-state index in [1.807, 2.05) is 13.8 Å². The molecule has 0 saturated carbocycles. The molecule has 0 aliphatic heterocycles. The predicted octanol–water partition coefficient (Wildman–Crippen LogP) is 3.52. The second-order valence-electron chi connectivity index (χ2n) is 6.05. The number of para-hydroxylation sites is 2. The number of benzene rings is 2. The standard InChI is InChI=1S/C20H24N4O4/c1-3-23(4-2)20(26)15-9-11-16(12-10-15)22-19(25)13-14-21-17-7-5-6-8-18(17)24(27)28/h5-12,21H,3-4,13-14H2,1-2H3,(H,22,25). The zero-order valence-electron chi connectivity index (χ0n) is 16.0. The Hall–Kier alpha value is -3.42. The molecule has 0 radical (unpaired) electrons. The molecule has 0 bridgehead atoms. The van der Waals surface area contributed by atoms with Gasteiger partial charge in [0.25, 0.3) is 11.6 Å². The largest absolute Gasteiger partial charge is 0.379 e. The van der Waals surface area contributed by atoms with Crippen LogP contribution in [-0.4, -0.2) is 41.3 Å². The summed E-state index contributed by atoms with van der Waals surface area (Å²) in [7, 11) is 0. The number of anilines is 2. The third kappa shape index (κ3) is 5.54. The second kappa shape index (κ2) is 10.1.